The predicted molar refractivity (Wildman–Crippen MR) is 99.1 cm³/mol. The van der Waals surface area contributed by atoms with Gasteiger partial charge in [-0.05, 0) is 40.0 Å². The Labute approximate surface area is 159 Å². The van der Waals surface area contributed by atoms with Gasteiger partial charge >= 0.3 is 18.1 Å². The fraction of sp³-hybridized carbons (Fsp3) is 0.765. The van der Waals surface area contributed by atoms with Gasteiger partial charge in [-0.3, -0.25) is 4.79 Å². The Hall–Kier alpha value is -2.52. The van der Waals surface area contributed by atoms with Gasteiger partial charge in [0.2, 0.25) is 5.91 Å². The van der Waals surface area contributed by atoms with E-state index >= 15 is 0 Å². The minimum absolute atomic E-state index is 0.105. The number of aliphatic carboxylic acids is 1. The molecule has 0 fully saturated rings. The van der Waals surface area contributed by atoms with Crippen molar-refractivity contribution < 1.29 is 29.0 Å². The summed E-state index contributed by atoms with van der Waals surface area (Å²) in [6, 6.07) is -2.74. The highest BCUT2D eigenvalue weighted by atomic mass is 16.6. The summed E-state index contributed by atoms with van der Waals surface area (Å²) < 4.78 is 5.15. The monoisotopic (exact) mass is 388 g/mol. The lowest BCUT2D eigenvalue weighted by molar-refractivity contribution is -0.142. The number of nitrogens with one attached hydrogen (secondary N) is 3. The molecule has 27 heavy (non-hydrogen) atoms. The van der Waals surface area contributed by atoms with Crippen molar-refractivity contribution in [3.05, 3.63) is 0 Å². The van der Waals surface area contributed by atoms with Crippen LogP contribution in [0.25, 0.3) is 0 Å². The van der Waals surface area contributed by atoms with E-state index in [9.17, 15) is 24.3 Å². The first-order valence-electron chi connectivity index (χ1n) is 9.02. The number of carboxylic acids is 1. The summed E-state index contributed by atoms with van der Waals surface area (Å²) >= 11 is 0. The Morgan fingerprint density at radius 3 is 2.11 bits per heavy atom. The number of unbranched alkanes of at least 4 members (excludes halogenated alkanes) is 1. The SMILES string of the molecule is CCCC[C@H](NC(=O)OC(C)(C)C)C(=O)N[C@@H](CCCNC(N)=O)C(=O)O. The van der Waals surface area contributed by atoms with E-state index in [4.69, 9.17) is 10.5 Å². The maximum atomic E-state index is 12.5. The highest BCUT2D eigenvalue weighted by molar-refractivity contribution is 5.89. The van der Waals surface area contributed by atoms with E-state index in [0.29, 0.717) is 19.3 Å². The number of alkyl carbamates (subject to hydrolysis) is 1. The third-order valence-corrected chi connectivity index (χ3v) is 3.44. The molecule has 4 amide bonds. The number of carbonyl (C=O) groups excluding carboxylic acids is 3. The van der Waals surface area contributed by atoms with Crippen LogP contribution in [0.1, 0.15) is 59.8 Å². The number of nitrogens with two attached hydrogens (primary N) is 1. The van der Waals surface area contributed by atoms with Gasteiger partial charge in [0.25, 0.3) is 0 Å². The second-order valence-corrected chi connectivity index (χ2v) is 7.17. The van der Waals surface area contributed by atoms with Gasteiger partial charge in [0.1, 0.15) is 17.7 Å². The van der Waals surface area contributed by atoms with Gasteiger partial charge in [-0.2, -0.15) is 0 Å². The smallest absolute Gasteiger partial charge is 0.408 e. The Balaban J connectivity index is 4.82. The third kappa shape index (κ3) is 12.5. The highest BCUT2D eigenvalue weighted by Crippen LogP contribution is 2.09. The number of carbonyl (C=O) groups is 4. The number of carboxylic acid groups (broad SMARTS) is 1. The summed E-state index contributed by atoms with van der Waals surface area (Å²) in [5.74, 6) is -1.79. The standard InChI is InChI=1S/C17H32N4O6/c1-5-6-8-11(21-16(26)27-17(2,3)4)13(22)20-12(14(23)24)9-7-10-19-15(18)25/h11-12H,5-10H2,1-4H3,(H,20,22)(H,21,26)(H,23,24)(H3,18,19,25)/t11-,12-/m0/s1. The molecular formula is C17H32N4O6. The number of ether oxygens (including phenoxy) is 1. The minimum atomic E-state index is -1.20. The molecule has 0 aliphatic carbocycles. The lowest BCUT2D eigenvalue weighted by Gasteiger charge is -2.24. The maximum absolute atomic E-state index is 12.5. The molecule has 0 aromatic carbocycles. The quantitative estimate of drug-likeness (QED) is 0.333. The molecule has 0 rings (SSSR count). The van der Waals surface area contributed by atoms with E-state index in [2.05, 4.69) is 16.0 Å². The number of rotatable bonds is 11. The Morgan fingerprint density at radius 2 is 1.63 bits per heavy atom. The summed E-state index contributed by atoms with van der Waals surface area (Å²) in [5, 5.41) is 16.6. The second kappa shape index (κ2) is 12.0. The molecule has 0 aromatic rings. The van der Waals surface area contributed by atoms with Crippen molar-refractivity contribution in [3.63, 3.8) is 0 Å². The van der Waals surface area contributed by atoms with Crippen molar-refractivity contribution in [1.29, 1.82) is 0 Å². The van der Waals surface area contributed by atoms with E-state index in [1.807, 2.05) is 6.92 Å². The Kier molecular flexibility index (Phi) is 10.9. The van der Waals surface area contributed by atoms with Gasteiger partial charge in [-0.1, -0.05) is 19.8 Å². The third-order valence-electron chi connectivity index (χ3n) is 3.44. The molecule has 0 aromatic heterocycles. The van der Waals surface area contributed by atoms with Gasteiger partial charge in [0.15, 0.2) is 0 Å². The molecule has 0 radical (unpaired) electrons. The average Bonchev–Trinajstić information content (AvgIpc) is 2.51. The molecule has 156 valence electrons. The van der Waals surface area contributed by atoms with Crippen molar-refractivity contribution >= 4 is 24.0 Å². The normalized spacial score (nSPS) is 13.2. The van der Waals surface area contributed by atoms with Gasteiger partial charge in [-0.15, -0.1) is 0 Å². The van der Waals surface area contributed by atoms with Crippen LogP contribution in [-0.4, -0.2) is 53.3 Å². The number of amides is 4. The van der Waals surface area contributed by atoms with Gasteiger partial charge in [-0.25, -0.2) is 14.4 Å². The van der Waals surface area contributed by atoms with Crippen molar-refractivity contribution in [2.45, 2.75) is 77.5 Å². The van der Waals surface area contributed by atoms with E-state index in [0.717, 1.165) is 6.42 Å². The Bertz CT molecular complexity index is 518. The van der Waals surface area contributed by atoms with Gasteiger partial charge in [0, 0.05) is 6.54 Å². The predicted octanol–water partition coefficient (Wildman–Crippen LogP) is 1.09. The maximum Gasteiger partial charge on any atom is 0.408 e. The van der Waals surface area contributed by atoms with Gasteiger partial charge < -0.3 is 31.5 Å². The summed E-state index contributed by atoms with van der Waals surface area (Å²) in [7, 11) is 0. The van der Waals surface area contributed by atoms with Crippen LogP contribution in [0.4, 0.5) is 9.59 Å². The van der Waals surface area contributed by atoms with Crippen molar-refractivity contribution in [3.8, 4) is 0 Å². The van der Waals surface area contributed by atoms with E-state index in [1.165, 1.54) is 0 Å². The molecule has 10 heteroatoms. The first-order valence-corrected chi connectivity index (χ1v) is 9.02. The number of hydrogen-bond donors (Lipinski definition) is 5. The summed E-state index contributed by atoms with van der Waals surface area (Å²) in [5.41, 5.74) is 4.22. The van der Waals surface area contributed by atoms with Crippen LogP contribution in [0.2, 0.25) is 0 Å². The molecule has 0 bridgehead atoms. The van der Waals surface area contributed by atoms with Crippen LogP contribution in [0, 0.1) is 0 Å². The topological polar surface area (TPSA) is 160 Å². The van der Waals surface area contributed by atoms with E-state index < -0.39 is 41.7 Å². The lowest BCUT2D eigenvalue weighted by atomic mass is 10.1. The molecule has 0 aliphatic rings. The van der Waals surface area contributed by atoms with Crippen LogP contribution in [-0.2, 0) is 14.3 Å². The molecule has 0 aliphatic heterocycles. The van der Waals surface area contributed by atoms with Crippen LogP contribution in [0.15, 0.2) is 0 Å². The average molecular weight is 388 g/mol. The molecule has 0 heterocycles. The lowest BCUT2D eigenvalue weighted by Crippen LogP contribution is -2.52. The zero-order chi connectivity index (χ0) is 21.0. The van der Waals surface area contributed by atoms with E-state index in [-0.39, 0.29) is 13.0 Å². The molecule has 10 nitrogen and oxygen atoms in total. The highest BCUT2D eigenvalue weighted by Gasteiger charge is 2.27. The van der Waals surface area contributed by atoms with Crippen LogP contribution in [0.3, 0.4) is 0 Å². The molecule has 2 atom stereocenters. The number of primary amides is 1. The molecule has 0 saturated carbocycles. The first-order chi connectivity index (χ1) is 12.5. The van der Waals surface area contributed by atoms with E-state index in [1.54, 1.807) is 20.8 Å². The minimum Gasteiger partial charge on any atom is -0.480 e. The zero-order valence-corrected chi connectivity index (χ0v) is 16.5. The van der Waals surface area contributed by atoms with Crippen LogP contribution < -0.4 is 21.7 Å². The number of hydrogen-bond acceptors (Lipinski definition) is 5. The van der Waals surface area contributed by atoms with Crippen LogP contribution in [0.5, 0.6) is 0 Å². The van der Waals surface area contributed by atoms with Crippen LogP contribution >= 0.6 is 0 Å². The fourth-order valence-corrected chi connectivity index (χ4v) is 2.17. The fourth-order valence-electron chi connectivity index (χ4n) is 2.17. The molecule has 0 spiro atoms. The van der Waals surface area contributed by atoms with Gasteiger partial charge in [0.05, 0.1) is 0 Å². The van der Waals surface area contributed by atoms with Crippen molar-refractivity contribution in [2.75, 3.05) is 6.54 Å². The second-order valence-electron chi connectivity index (χ2n) is 7.17. The zero-order valence-electron chi connectivity index (χ0n) is 16.5. The molecule has 0 unspecified atom stereocenters. The largest absolute Gasteiger partial charge is 0.480 e. The summed E-state index contributed by atoms with van der Waals surface area (Å²) in [6.45, 7) is 7.25. The summed E-state index contributed by atoms with van der Waals surface area (Å²) in [4.78, 5) is 46.4. The number of urea groups is 1. The first kappa shape index (κ1) is 24.5. The molecule has 6 N–H and O–H groups in total. The molecular weight excluding hydrogens is 356 g/mol. The Morgan fingerprint density at radius 1 is 1.04 bits per heavy atom. The molecule has 0 saturated heterocycles. The van der Waals surface area contributed by atoms with Crippen molar-refractivity contribution in [2.24, 2.45) is 5.73 Å². The van der Waals surface area contributed by atoms with Crippen molar-refractivity contribution in [1.82, 2.24) is 16.0 Å². The summed E-state index contributed by atoms with van der Waals surface area (Å²) in [6.07, 6.45) is 1.52.